The molecule has 174 valence electrons. The molecular weight excluding hydrogens is 474 g/mol. The number of anilines is 1. The van der Waals surface area contributed by atoms with Gasteiger partial charge in [-0.2, -0.15) is 0 Å². The van der Waals surface area contributed by atoms with Crippen LogP contribution in [0.2, 0.25) is 5.02 Å². The second-order valence-corrected chi connectivity index (χ2v) is 8.63. The summed E-state index contributed by atoms with van der Waals surface area (Å²) in [6, 6.07) is 21.5. The van der Waals surface area contributed by atoms with Crippen LogP contribution in [-0.2, 0) is 16.1 Å². The summed E-state index contributed by atoms with van der Waals surface area (Å²) in [7, 11) is 1.56. The molecule has 0 atom stereocenters. The van der Waals surface area contributed by atoms with Crippen LogP contribution in [0.25, 0.3) is 10.9 Å². The van der Waals surface area contributed by atoms with Crippen LogP contribution in [0.15, 0.2) is 82.7 Å². The molecule has 4 aromatic rings. The molecule has 0 unspecified atom stereocenters. The van der Waals surface area contributed by atoms with Crippen molar-refractivity contribution >= 4 is 45.9 Å². The van der Waals surface area contributed by atoms with Gasteiger partial charge in [-0.05, 0) is 42.5 Å². The molecule has 1 heterocycles. The highest BCUT2D eigenvalue weighted by atomic mass is 35.5. The molecule has 9 heteroatoms. The number of amides is 1. The Kier molecular flexibility index (Phi) is 7.84. The monoisotopic (exact) mass is 495 g/mol. The van der Waals surface area contributed by atoms with Crippen LogP contribution in [0, 0.1) is 0 Å². The van der Waals surface area contributed by atoms with Crippen molar-refractivity contribution in [2.24, 2.45) is 0 Å². The lowest BCUT2D eigenvalue weighted by Gasteiger charge is -2.14. The first kappa shape index (κ1) is 23.8. The number of rotatable bonds is 9. The fourth-order valence-electron chi connectivity index (χ4n) is 3.25. The molecule has 7 nitrogen and oxygen atoms in total. The topological polar surface area (TPSA) is 82.4 Å². The quantitative estimate of drug-likeness (QED) is 0.253. The lowest BCUT2D eigenvalue weighted by Crippen LogP contribution is -2.26. The van der Waals surface area contributed by atoms with Gasteiger partial charge in [0.15, 0.2) is 10.9 Å². The van der Waals surface area contributed by atoms with E-state index in [-0.39, 0.29) is 17.2 Å². The summed E-state index contributed by atoms with van der Waals surface area (Å²) in [6.45, 7) is 0.656. The van der Waals surface area contributed by atoms with E-state index in [2.05, 4.69) is 10.3 Å². The minimum atomic E-state index is -0.257. The van der Waals surface area contributed by atoms with Crippen molar-refractivity contribution in [2.75, 3.05) is 24.8 Å². The van der Waals surface area contributed by atoms with Crippen LogP contribution in [-0.4, -0.2) is 34.9 Å². The number of hydrogen-bond acceptors (Lipinski definition) is 6. The minimum Gasteiger partial charge on any atom is -0.455 e. The molecule has 0 fully saturated rings. The molecule has 34 heavy (non-hydrogen) atoms. The van der Waals surface area contributed by atoms with Gasteiger partial charge in [0.05, 0.1) is 35.5 Å². The summed E-state index contributed by atoms with van der Waals surface area (Å²) >= 11 is 7.26. The molecule has 1 aromatic heterocycles. The van der Waals surface area contributed by atoms with E-state index in [1.165, 1.54) is 16.3 Å². The maximum atomic E-state index is 13.0. The van der Waals surface area contributed by atoms with Crippen LogP contribution in [0.5, 0.6) is 11.5 Å². The van der Waals surface area contributed by atoms with Crippen molar-refractivity contribution in [3.8, 4) is 11.5 Å². The third-order valence-corrected chi connectivity index (χ3v) is 6.08. The van der Waals surface area contributed by atoms with E-state index in [1.54, 1.807) is 37.4 Å². The molecule has 1 N–H and O–H groups in total. The van der Waals surface area contributed by atoms with Gasteiger partial charge in [0.25, 0.3) is 5.56 Å². The molecule has 0 aliphatic carbocycles. The molecule has 0 spiro atoms. The first-order chi connectivity index (χ1) is 16.5. The van der Waals surface area contributed by atoms with Crippen molar-refractivity contribution in [1.82, 2.24) is 9.55 Å². The second-order valence-electron chi connectivity index (χ2n) is 7.25. The average Bonchev–Trinajstić information content (AvgIpc) is 2.84. The first-order valence-corrected chi connectivity index (χ1v) is 11.8. The number of carbonyl (C=O) groups is 1. The van der Waals surface area contributed by atoms with Crippen molar-refractivity contribution in [2.45, 2.75) is 11.7 Å². The van der Waals surface area contributed by atoms with E-state index >= 15 is 0 Å². The molecule has 1 amide bonds. The number of hydrogen-bond donors (Lipinski definition) is 1. The SMILES string of the molecule is COCCn1c(SCC(=O)Nc2ccccc2Oc2ccccc2)nc2cc(Cl)ccc2c1=O. The second kappa shape index (κ2) is 11.2. The number of ether oxygens (including phenoxy) is 2. The number of carbonyl (C=O) groups excluding carboxylic acids is 1. The number of para-hydroxylation sites is 3. The maximum absolute atomic E-state index is 13.0. The van der Waals surface area contributed by atoms with Gasteiger partial charge in [0.2, 0.25) is 5.91 Å². The van der Waals surface area contributed by atoms with Gasteiger partial charge in [0.1, 0.15) is 5.75 Å². The first-order valence-electron chi connectivity index (χ1n) is 10.5. The van der Waals surface area contributed by atoms with E-state index < -0.39 is 0 Å². The van der Waals surface area contributed by atoms with Gasteiger partial charge < -0.3 is 14.8 Å². The van der Waals surface area contributed by atoms with Crippen molar-refractivity contribution < 1.29 is 14.3 Å². The van der Waals surface area contributed by atoms with Crippen LogP contribution in [0.4, 0.5) is 5.69 Å². The molecule has 3 aromatic carbocycles. The zero-order valence-electron chi connectivity index (χ0n) is 18.4. The number of aromatic nitrogens is 2. The van der Waals surface area contributed by atoms with E-state index in [1.807, 2.05) is 42.5 Å². The largest absolute Gasteiger partial charge is 0.455 e. The summed E-state index contributed by atoms with van der Waals surface area (Å²) in [5, 5.41) is 4.24. The lowest BCUT2D eigenvalue weighted by atomic mass is 10.2. The fourth-order valence-corrected chi connectivity index (χ4v) is 4.25. The third-order valence-electron chi connectivity index (χ3n) is 4.87. The van der Waals surface area contributed by atoms with Crippen molar-refractivity contribution in [1.29, 1.82) is 0 Å². The molecular formula is C25H22ClN3O4S. The van der Waals surface area contributed by atoms with Crippen LogP contribution in [0.3, 0.4) is 0 Å². The summed E-state index contributed by atoms with van der Waals surface area (Å²) in [4.78, 5) is 30.4. The van der Waals surface area contributed by atoms with Gasteiger partial charge in [-0.25, -0.2) is 4.98 Å². The Balaban J connectivity index is 1.52. The summed E-state index contributed by atoms with van der Waals surface area (Å²) < 4.78 is 12.6. The van der Waals surface area contributed by atoms with Crippen molar-refractivity contribution in [3.05, 3.63) is 88.2 Å². The molecule has 0 bridgehead atoms. The predicted octanol–water partition coefficient (Wildman–Crippen LogP) is 5.22. The van der Waals surface area contributed by atoms with Gasteiger partial charge in [-0.3, -0.25) is 14.2 Å². The number of nitrogens with one attached hydrogen (secondary N) is 1. The zero-order chi connectivity index (χ0) is 23.9. The molecule has 0 aliphatic heterocycles. The number of thioether (sulfide) groups is 1. The summed E-state index contributed by atoms with van der Waals surface area (Å²) in [6.07, 6.45) is 0. The average molecular weight is 496 g/mol. The van der Waals surface area contributed by atoms with Crippen LogP contribution >= 0.6 is 23.4 Å². The third kappa shape index (κ3) is 5.77. The van der Waals surface area contributed by atoms with E-state index in [0.717, 1.165) is 0 Å². The Bertz CT molecular complexity index is 1360. The Hall–Kier alpha value is -3.33. The van der Waals surface area contributed by atoms with E-state index in [9.17, 15) is 9.59 Å². The number of benzene rings is 3. The van der Waals surface area contributed by atoms with Gasteiger partial charge >= 0.3 is 0 Å². The zero-order valence-corrected chi connectivity index (χ0v) is 19.9. The van der Waals surface area contributed by atoms with E-state index in [0.29, 0.717) is 51.4 Å². The predicted molar refractivity (Wildman–Crippen MR) is 135 cm³/mol. The molecule has 0 aliphatic rings. The number of fused-ring (bicyclic) bond motifs is 1. The Morgan fingerprint density at radius 3 is 2.65 bits per heavy atom. The molecule has 4 rings (SSSR count). The highest BCUT2D eigenvalue weighted by Crippen LogP contribution is 2.29. The molecule has 0 saturated heterocycles. The van der Waals surface area contributed by atoms with Gasteiger partial charge in [0, 0.05) is 12.1 Å². The number of nitrogens with zero attached hydrogens (tertiary/aromatic N) is 2. The Morgan fingerprint density at radius 1 is 1.09 bits per heavy atom. The Morgan fingerprint density at radius 2 is 1.85 bits per heavy atom. The van der Waals surface area contributed by atoms with Crippen LogP contribution < -0.4 is 15.6 Å². The molecule has 0 saturated carbocycles. The van der Waals surface area contributed by atoms with Gasteiger partial charge in [-0.15, -0.1) is 0 Å². The van der Waals surface area contributed by atoms with Gasteiger partial charge in [-0.1, -0.05) is 53.7 Å². The van der Waals surface area contributed by atoms with E-state index in [4.69, 9.17) is 21.1 Å². The Labute approximate surface area is 205 Å². The van der Waals surface area contributed by atoms with Crippen molar-refractivity contribution in [3.63, 3.8) is 0 Å². The number of halogens is 1. The number of methoxy groups -OCH3 is 1. The highest BCUT2D eigenvalue weighted by molar-refractivity contribution is 7.99. The molecule has 0 radical (unpaired) electrons. The van der Waals surface area contributed by atoms with Crippen LogP contribution in [0.1, 0.15) is 0 Å². The fraction of sp³-hybridized carbons (Fsp3) is 0.160. The highest BCUT2D eigenvalue weighted by Gasteiger charge is 2.15. The normalized spacial score (nSPS) is 10.9. The minimum absolute atomic E-state index is 0.0468. The maximum Gasteiger partial charge on any atom is 0.262 e. The summed E-state index contributed by atoms with van der Waals surface area (Å²) in [5.74, 6) is 0.987. The standard InChI is InChI=1S/C25H22ClN3O4S/c1-32-14-13-29-24(31)19-12-11-17(26)15-21(19)28-25(29)34-16-23(30)27-20-9-5-6-10-22(20)33-18-7-3-2-4-8-18/h2-12,15H,13-14,16H2,1H3,(H,27,30). The lowest BCUT2D eigenvalue weighted by molar-refractivity contribution is -0.113. The smallest absolute Gasteiger partial charge is 0.262 e. The summed E-state index contributed by atoms with van der Waals surface area (Å²) in [5.41, 5.74) is 0.825.